The molecule has 0 saturated carbocycles. The lowest BCUT2D eigenvalue weighted by atomic mass is 9.97. The summed E-state index contributed by atoms with van der Waals surface area (Å²) in [6.45, 7) is 8.56. The monoisotopic (exact) mass is 212 g/mol. The number of nitrogens with zero attached hydrogens (tertiary/aromatic N) is 1. The van der Waals surface area contributed by atoms with Crippen molar-refractivity contribution in [2.24, 2.45) is 11.7 Å². The van der Waals surface area contributed by atoms with Crippen LogP contribution in [0.1, 0.15) is 44.8 Å². The minimum atomic E-state index is -0.258. The van der Waals surface area contributed by atoms with Gasteiger partial charge in [-0.3, -0.25) is 0 Å². The molecule has 0 aliphatic carbocycles. The van der Waals surface area contributed by atoms with Crippen molar-refractivity contribution < 1.29 is 0 Å². The molecule has 1 unspecified atom stereocenters. The first-order valence-corrected chi connectivity index (χ1v) is 6.07. The van der Waals surface area contributed by atoms with E-state index in [1.807, 2.05) is 6.92 Å². The van der Waals surface area contributed by atoms with Gasteiger partial charge in [-0.05, 0) is 19.3 Å². The maximum Gasteiger partial charge on any atom is 0.0931 e. The van der Waals surface area contributed by atoms with Crippen molar-refractivity contribution in [2.75, 3.05) is 0 Å². The average Bonchev–Trinajstić information content (AvgIpc) is 2.52. The standard InChI is InChI=1S/C11H20N2S/c1-5-11(4,12)9-7-14-10(13-9)6-8(2)3/h7-8H,5-6,12H2,1-4H3. The van der Waals surface area contributed by atoms with Gasteiger partial charge in [0.2, 0.25) is 0 Å². The van der Waals surface area contributed by atoms with E-state index >= 15 is 0 Å². The minimum absolute atomic E-state index is 0.258. The van der Waals surface area contributed by atoms with Crippen molar-refractivity contribution in [3.63, 3.8) is 0 Å². The van der Waals surface area contributed by atoms with Gasteiger partial charge in [0.25, 0.3) is 0 Å². The van der Waals surface area contributed by atoms with Crippen molar-refractivity contribution in [3.8, 4) is 0 Å². The zero-order valence-electron chi connectivity index (χ0n) is 9.50. The highest BCUT2D eigenvalue weighted by atomic mass is 32.1. The molecule has 0 saturated heterocycles. The molecule has 1 aromatic heterocycles. The summed E-state index contributed by atoms with van der Waals surface area (Å²) in [4.78, 5) is 4.59. The maximum absolute atomic E-state index is 6.13. The summed E-state index contributed by atoms with van der Waals surface area (Å²) in [5.74, 6) is 0.666. The van der Waals surface area contributed by atoms with Gasteiger partial charge in [-0.2, -0.15) is 0 Å². The van der Waals surface area contributed by atoms with Crippen molar-refractivity contribution in [2.45, 2.75) is 46.1 Å². The molecule has 0 aliphatic rings. The van der Waals surface area contributed by atoms with Crippen LogP contribution in [0.25, 0.3) is 0 Å². The summed E-state index contributed by atoms with van der Waals surface area (Å²) in [6, 6.07) is 0. The van der Waals surface area contributed by atoms with Crippen LogP contribution in [-0.4, -0.2) is 4.98 Å². The molecule has 1 rings (SSSR count). The minimum Gasteiger partial charge on any atom is -0.320 e. The van der Waals surface area contributed by atoms with Gasteiger partial charge in [0, 0.05) is 11.8 Å². The molecule has 1 aromatic rings. The third-order valence-electron chi connectivity index (χ3n) is 2.45. The molecule has 80 valence electrons. The van der Waals surface area contributed by atoms with E-state index in [1.54, 1.807) is 11.3 Å². The first-order valence-electron chi connectivity index (χ1n) is 5.19. The molecule has 14 heavy (non-hydrogen) atoms. The Hall–Kier alpha value is -0.410. The number of aromatic nitrogens is 1. The van der Waals surface area contributed by atoms with E-state index in [4.69, 9.17) is 5.73 Å². The maximum atomic E-state index is 6.13. The average molecular weight is 212 g/mol. The first-order chi connectivity index (χ1) is 6.45. The number of thiazole rings is 1. The van der Waals surface area contributed by atoms with Crippen molar-refractivity contribution in [1.29, 1.82) is 0 Å². The fourth-order valence-electron chi connectivity index (χ4n) is 1.20. The molecule has 0 amide bonds. The third kappa shape index (κ3) is 2.79. The van der Waals surface area contributed by atoms with Gasteiger partial charge < -0.3 is 5.73 Å². The normalized spacial score (nSPS) is 15.9. The van der Waals surface area contributed by atoms with Crippen LogP contribution in [0.2, 0.25) is 0 Å². The van der Waals surface area contributed by atoms with E-state index in [-0.39, 0.29) is 5.54 Å². The highest BCUT2D eigenvalue weighted by Gasteiger charge is 2.21. The zero-order valence-corrected chi connectivity index (χ0v) is 10.3. The highest BCUT2D eigenvalue weighted by Crippen LogP contribution is 2.24. The Balaban J connectivity index is 2.77. The smallest absolute Gasteiger partial charge is 0.0931 e. The Morgan fingerprint density at radius 3 is 2.71 bits per heavy atom. The Bertz CT molecular complexity index is 289. The highest BCUT2D eigenvalue weighted by molar-refractivity contribution is 7.09. The largest absolute Gasteiger partial charge is 0.320 e. The van der Waals surface area contributed by atoms with Gasteiger partial charge in [-0.15, -0.1) is 11.3 Å². The van der Waals surface area contributed by atoms with Crippen LogP contribution in [0, 0.1) is 5.92 Å². The number of rotatable bonds is 4. The second-order valence-electron chi connectivity index (χ2n) is 4.50. The van der Waals surface area contributed by atoms with Gasteiger partial charge in [0.1, 0.15) is 0 Å². The van der Waals surface area contributed by atoms with Crippen molar-refractivity contribution >= 4 is 11.3 Å². The molecule has 1 atom stereocenters. The predicted octanol–water partition coefficient (Wildman–Crippen LogP) is 2.93. The van der Waals surface area contributed by atoms with E-state index < -0.39 is 0 Å². The van der Waals surface area contributed by atoms with Gasteiger partial charge in [-0.1, -0.05) is 20.8 Å². The van der Waals surface area contributed by atoms with E-state index in [1.165, 1.54) is 5.01 Å². The SMILES string of the molecule is CCC(C)(N)c1csc(CC(C)C)n1. The Morgan fingerprint density at radius 1 is 1.57 bits per heavy atom. The van der Waals surface area contributed by atoms with E-state index in [0.717, 1.165) is 18.5 Å². The summed E-state index contributed by atoms with van der Waals surface area (Å²) in [5, 5.41) is 3.31. The topological polar surface area (TPSA) is 38.9 Å². The summed E-state index contributed by atoms with van der Waals surface area (Å²) in [6.07, 6.45) is 1.99. The van der Waals surface area contributed by atoms with Crippen LogP contribution in [-0.2, 0) is 12.0 Å². The molecule has 0 bridgehead atoms. The molecule has 0 aromatic carbocycles. The third-order valence-corrected chi connectivity index (χ3v) is 3.33. The van der Waals surface area contributed by atoms with Gasteiger partial charge >= 0.3 is 0 Å². The lowest BCUT2D eigenvalue weighted by molar-refractivity contribution is 0.462. The zero-order chi connectivity index (χ0) is 10.8. The lowest BCUT2D eigenvalue weighted by Gasteiger charge is -2.19. The van der Waals surface area contributed by atoms with Gasteiger partial charge in [0.15, 0.2) is 0 Å². The second kappa shape index (κ2) is 4.41. The second-order valence-corrected chi connectivity index (χ2v) is 5.44. The quantitative estimate of drug-likeness (QED) is 0.833. The lowest BCUT2D eigenvalue weighted by Crippen LogP contribution is -2.32. The van der Waals surface area contributed by atoms with Gasteiger partial charge in [0.05, 0.1) is 16.2 Å². The Morgan fingerprint density at radius 2 is 2.21 bits per heavy atom. The van der Waals surface area contributed by atoms with E-state index in [2.05, 4.69) is 31.1 Å². The molecule has 0 spiro atoms. The number of hydrogen-bond donors (Lipinski definition) is 1. The molecule has 1 heterocycles. The van der Waals surface area contributed by atoms with Crippen LogP contribution < -0.4 is 5.73 Å². The van der Waals surface area contributed by atoms with Crippen LogP contribution in [0.5, 0.6) is 0 Å². The van der Waals surface area contributed by atoms with E-state index in [0.29, 0.717) is 5.92 Å². The molecule has 2 nitrogen and oxygen atoms in total. The van der Waals surface area contributed by atoms with Gasteiger partial charge in [-0.25, -0.2) is 4.98 Å². The molecule has 0 aliphatic heterocycles. The fraction of sp³-hybridized carbons (Fsp3) is 0.727. The summed E-state index contributed by atoms with van der Waals surface area (Å²) in [5.41, 5.74) is 6.91. The Kier molecular flexibility index (Phi) is 3.67. The van der Waals surface area contributed by atoms with Crippen LogP contribution >= 0.6 is 11.3 Å². The molecule has 0 radical (unpaired) electrons. The summed E-state index contributed by atoms with van der Waals surface area (Å²) >= 11 is 1.73. The Labute approximate surface area is 90.6 Å². The van der Waals surface area contributed by atoms with Crippen LogP contribution in [0.15, 0.2) is 5.38 Å². The molecule has 0 fully saturated rings. The molecule has 2 N–H and O–H groups in total. The molecular weight excluding hydrogens is 192 g/mol. The van der Waals surface area contributed by atoms with Crippen LogP contribution in [0.3, 0.4) is 0 Å². The van der Waals surface area contributed by atoms with Crippen LogP contribution in [0.4, 0.5) is 0 Å². The fourth-order valence-corrected chi connectivity index (χ4v) is 2.35. The first kappa shape index (κ1) is 11.7. The van der Waals surface area contributed by atoms with Crippen molar-refractivity contribution in [1.82, 2.24) is 4.98 Å². The predicted molar refractivity (Wildman–Crippen MR) is 62.5 cm³/mol. The molecule has 3 heteroatoms. The summed E-state index contributed by atoms with van der Waals surface area (Å²) < 4.78 is 0. The molecular formula is C11H20N2S. The van der Waals surface area contributed by atoms with E-state index in [9.17, 15) is 0 Å². The number of nitrogens with two attached hydrogens (primary N) is 1. The van der Waals surface area contributed by atoms with Crippen molar-refractivity contribution in [3.05, 3.63) is 16.1 Å². The summed E-state index contributed by atoms with van der Waals surface area (Å²) in [7, 11) is 0. The number of hydrogen-bond acceptors (Lipinski definition) is 3.